The Bertz CT molecular complexity index is 1110. The van der Waals surface area contributed by atoms with Crippen LogP contribution in [0.1, 0.15) is 21.5 Å². The highest BCUT2D eigenvalue weighted by Gasteiger charge is 2.25. The summed E-state index contributed by atoms with van der Waals surface area (Å²) in [6, 6.07) is 17.4. The molecule has 0 radical (unpaired) electrons. The summed E-state index contributed by atoms with van der Waals surface area (Å²) >= 11 is 5.00. The monoisotopic (exact) mass is 470 g/mol. The smallest absolute Gasteiger partial charge is 0.200 e. The van der Waals surface area contributed by atoms with E-state index in [-0.39, 0.29) is 18.2 Å². The Hall–Kier alpha value is -2.57. The van der Waals surface area contributed by atoms with Crippen molar-refractivity contribution < 1.29 is 18.7 Å². The topological polar surface area (TPSA) is 35.5 Å². The third-order valence-electron chi connectivity index (χ3n) is 4.42. The normalized spacial score (nSPS) is 14.2. The first kappa shape index (κ1) is 19.7. The summed E-state index contributed by atoms with van der Waals surface area (Å²) < 4.78 is 25.2. The van der Waals surface area contributed by atoms with Gasteiger partial charge in [-0.25, -0.2) is 4.39 Å². The number of rotatable bonds is 5. The van der Waals surface area contributed by atoms with E-state index in [0.29, 0.717) is 20.9 Å². The lowest BCUT2D eigenvalue weighted by Crippen LogP contribution is -1.99. The molecule has 29 heavy (non-hydrogen) atoms. The second-order valence-electron chi connectivity index (χ2n) is 6.39. The second-order valence-corrected chi connectivity index (χ2v) is 8.32. The summed E-state index contributed by atoms with van der Waals surface area (Å²) in [5, 5.41) is 0. The molecule has 0 aromatic heterocycles. The van der Waals surface area contributed by atoms with E-state index >= 15 is 0 Å². The van der Waals surface area contributed by atoms with Gasteiger partial charge in [0.25, 0.3) is 0 Å². The standard InChI is InChI=1S/C23H16BrFO3S/c1-27-19-11-15(12-21-22(26)17-4-2-3-5-20(17)29-21)10-18(24)23(19)28-13-14-6-8-16(25)9-7-14/h2-12H,13H2,1H3/b21-12-. The Labute approximate surface area is 180 Å². The quantitative estimate of drug-likeness (QED) is 0.398. The predicted octanol–water partition coefficient (Wildman–Crippen LogP) is 6.51. The molecule has 3 aromatic rings. The molecule has 0 fully saturated rings. The van der Waals surface area contributed by atoms with Crippen LogP contribution in [0.4, 0.5) is 4.39 Å². The summed E-state index contributed by atoms with van der Waals surface area (Å²) in [5.74, 6) is 0.831. The van der Waals surface area contributed by atoms with Gasteiger partial charge in [-0.15, -0.1) is 0 Å². The zero-order chi connectivity index (χ0) is 20.4. The number of hydrogen-bond donors (Lipinski definition) is 0. The summed E-state index contributed by atoms with van der Waals surface area (Å²) in [6.07, 6.45) is 1.85. The van der Waals surface area contributed by atoms with Crippen LogP contribution in [0, 0.1) is 5.82 Å². The van der Waals surface area contributed by atoms with Gasteiger partial charge >= 0.3 is 0 Å². The number of thioether (sulfide) groups is 1. The number of carbonyl (C=O) groups excluding carboxylic acids is 1. The van der Waals surface area contributed by atoms with Crippen molar-refractivity contribution in [2.45, 2.75) is 11.5 Å². The van der Waals surface area contributed by atoms with Crippen LogP contribution >= 0.6 is 27.7 Å². The number of ether oxygens (including phenoxy) is 2. The lowest BCUT2D eigenvalue weighted by atomic mass is 10.1. The van der Waals surface area contributed by atoms with E-state index in [1.807, 2.05) is 42.5 Å². The minimum Gasteiger partial charge on any atom is -0.493 e. The molecule has 0 bridgehead atoms. The summed E-state index contributed by atoms with van der Waals surface area (Å²) in [5.41, 5.74) is 2.40. The van der Waals surface area contributed by atoms with Crippen molar-refractivity contribution >= 4 is 39.6 Å². The molecule has 0 saturated carbocycles. The van der Waals surface area contributed by atoms with Gasteiger partial charge < -0.3 is 9.47 Å². The number of fused-ring (bicyclic) bond motifs is 1. The van der Waals surface area contributed by atoms with Crippen molar-refractivity contribution in [1.29, 1.82) is 0 Å². The Morgan fingerprint density at radius 1 is 1.10 bits per heavy atom. The predicted molar refractivity (Wildman–Crippen MR) is 116 cm³/mol. The molecule has 1 aliphatic heterocycles. The largest absolute Gasteiger partial charge is 0.493 e. The van der Waals surface area contributed by atoms with E-state index in [1.54, 1.807) is 19.2 Å². The van der Waals surface area contributed by atoms with E-state index in [1.165, 1.54) is 23.9 Å². The number of allylic oxidation sites excluding steroid dienone is 1. The first-order valence-electron chi connectivity index (χ1n) is 8.83. The summed E-state index contributed by atoms with van der Waals surface area (Å²) in [7, 11) is 1.56. The molecule has 0 atom stereocenters. The van der Waals surface area contributed by atoms with Crippen molar-refractivity contribution in [3.8, 4) is 11.5 Å². The lowest BCUT2D eigenvalue weighted by Gasteiger charge is -2.14. The number of hydrogen-bond acceptors (Lipinski definition) is 4. The molecule has 3 nitrogen and oxygen atoms in total. The van der Waals surface area contributed by atoms with E-state index in [0.717, 1.165) is 21.6 Å². The number of Topliss-reactive ketones (excluding diaryl/α,β-unsaturated/α-hetero) is 1. The van der Waals surface area contributed by atoms with E-state index in [9.17, 15) is 9.18 Å². The summed E-state index contributed by atoms with van der Waals surface area (Å²) in [4.78, 5) is 14.2. The second kappa shape index (κ2) is 8.43. The molecular weight excluding hydrogens is 455 g/mol. The molecule has 6 heteroatoms. The molecule has 4 rings (SSSR count). The Kier molecular flexibility index (Phi) is 5.74. The number of methoxy groups -OCH3 is 1. The van der Waals surface area contributed by atoms with Crippen LogP contribution in [-0.2, 0) is 6.61 Å². The molecule has 0 saturated heterocycles. The van der Waals surface area contributed by atoms with Gasteiger partial charge in [-0.1, -0.05) is 36.0 Å². The minimum atomic E-state index is -0.286. The third-order valence-corrected chi connectivity index (χ3v) is 6.11. The minimum absolute atomic E-state index is 0.0253. The number of carbonyl (C=O) groups is 1. The molecule has 0 amide bonds. The fourth-order valence-corrected chi connectivity index (χ4v) is 4.61. The zero-order valence-electron chi connectivity index (χ0n) is 15.4. The number of halogens is 2. The molecule has 1 heterocycles. The molecular formula is C23H16BrFO3S. The highest BCUT2D eigenvalue weighted by Crippen LogP contribution is 2.42. The van der Waals surface area contributed by atoms with Crippen LogP contribution in [0.25, 0.3) is 6.08 Å². The third kappa shape index (κ3) is 4.23. The van der Waals surface area contributed by atoms with Crippen molar-refractivity contribution in [2.75, 3.05) is 7.11 Å². The van der Waals surface area contributed by atoms with Crippen LogP contribution in [0.5, 0.6) is 11.5 Å². The first-order chi connectivity index (χ1) is 14.0. The molecule has 1 aliphatic rings. The van der Waals surface area contributed by atoms with Crippen molar-refractivity contribution in [2.24, 2.45) is 0 Å². The molecule has 0 spiro atoms. The van der Waals surface area contributed by atoms with Crippen molar-refractivity contribution in [3.05, 3.63) is 92.5 Å². The van der Waals surface area contributed by atoms with Gasteiger partial charge in [0.2, 0.25) is 5.78 Å². The summed E-state index contributed by atoms with van der Waals surface area (Å²) in [6.45, 7) is 0.277. The maximum absolute atomic E-state index is 13.1. The first-order valence-corrected chi connectivity index (χ1v) is 10.4. The highest BCUT2D eigenvalue weighted by molar-refractivity contribution is 9.10. The Morgan fingerprint density at radius 3 is 2.59 bits per heavy atom. The van der Waals surface area contributed by atoms with Crippen LogP contribution < -0.4 is 9.47 Å². The van der Waals surface area contributed by atoms with Crippen molar-refractivity contribution in [1.82, 2.24) is 0 Å². The molecule has 0 aliphatic carbocycles. The van der Waals surface area contributed by atoms with Crippen LogP contribution in [0.3, 0.4) is 0 Å². The van der Waals surface area contributed by atoms with E-state index in [4.69, 9.17) is 9.47 Å². The van der Waals surface area contributed by atoms with E-state index in [2.05, 4.69) is 15.9 Å². The number of ketones is 1. The Morgan fingerprint density at radius 2 is 1.86 bits per heavy atom. The SMILES string of the molecule is COc1cc(/C=C2\Sc3ccccc3C2=O)cc(Br)c1OCc1ccc(F)cc1. The van der Waals surface area contributed by atoms with Crippen LogP contribution in [0.15, 0.2) is 74.9 Å². The molecule has 0 unspecified atom stereocenters. The maximum atomic E-state index is 13.1. The maximum Gasteiger partial charge on any atom is 0.200 e. The lowest BCUT2D eigenvalue weighted by molar-refractivity contribution is 0.104. The van der Waals surface area contributed by atoms with Crippen molar-refractivity contribution in [3.63, 3.8) is 0 Å². The van der Waals surface area contributed by atoms with Gasteiger partial charge in [-0.2, -0.15) is 0 Å². The molecule has 0 N–H and O–H groups in total. The molecule has 146 valence electrons. The fourth-order valence-electron chi connectivity index (χ4n) is 2.99. The van der Waals surface area contributed by atoms with Crippen LogP contribution in [0.2, 0.25) is 0 Å². The number of benzene rings is 3. The average molecular weight is 471 g/mol. The zero-order valence-corrected chi connectivity index (χ0v) is 17.8. The fraction of sp³-hybridized carbons (Fsp3) is 0.0870. The van der Waals surface area contributed by atoms with Gasteiger partial charge in [0, 0.05) is 10.5 Å². The van der Waals surface area contributed by atoms with Gasteiger partial charge in [-0.05, 0) is 69.5 Å². The Balaban J connectivity index is 1.58. The van der Waals surface area contributed by atoms with Gasteiger partial charge in [0.15, 0.2) is 11.5 Å². The molecule has 3 aromatic carbocycles. The van der Waals surface area contributed by atoms with Gasteiger partial charge in [-0.3, -0.25) is 4.79 Å². The average Bonchev–Trinajstić information content (AvgIpc) is 3.04. The van der Waals surface area contributed by atoms with Crippen LogP contribution in [-0.4, -0.2) is 12.9 Å². The van der Waals surface area contributed by atoms with E-state index < -0.39 is 0 Å². The van der Waals surface area contributed by atoms with Gasteiger partial charge in [0.1, 0.15) is 12.4 Å². The van der Waals surface area contributed by atoms with Gasteiger partial charge in [0.05, 0.1) is 16.5 Å². The highest BCUT2D eigenvalue weighted by atomic mass is 79.9.